The van der Waals surface area contributed by atoms with Crippen LogP contribution in [0.2, 0.25) is 0 Å². The predicted octanol–water partition coefficient (Wildman–Crippen LogP) is 4.17. The van der Waals surface area contributed by atoms with Crippen molar-refractivity contribution < 1.29 is 14.3 Å². The molecule has 2 heterocycles. The summed E-state index contributed by atoms with van der Waals surface area (Å²) in [5.74, 6) is 1.58. The highest BCUT2D eigenvalue weighted by Gasteiger charge is 2.19. The summed E-state index contributed by atoms with van der Waals surface area (Å²) in [5.41, 5.74) is 4.13. The summed E-state index contributed by atoms with van der Waals surface area (Å²) in [7, 11) is 1.86. The maximum Gasteiger partial charge on any atom is 0.252 e. The lowest BCUT2D eigenvalue weighted by Crippen LogP contribution is -2.26. The Morgan fingerprint density at radius 3 is 2.52 bits per heavy atom. The Morgan fingerprint density at radius 2 is 1.84 bits per heavy atom. The number of rotatable bonds is 9. The highest BCUT2D eigenvalue weighted by molar-refractivity contribution is 6.06. The molecule has 3 aromatic rings. The van der Waals surface area contributed by atoms with Crippen LogP contribution in [-0.4, -0.2) is 40.4 Å². The first-order valence-corrected chi connectivity index (χ1v) is 10.9. The van der Waals surface area contributed by atoms with E-state index in [0.29, 0.717) is 31.7 Å². The molecule has 0 radical (unpaired) electrons. The fraction of sp³-hybridized carbons (Fsp3) is 0.458. The van der Waals surface area contributed by atoms with Gasteiger partial charge in [-0.3, -0.25) is 9.48 Å². The van der Waals surface area contributed by atoms with E-state index in [9.17, 15) is 4.79 Å². The van der Waals surface area contributed by atoms with Gasteiger partial charge in [-0.05, 0) is 56.9 Å². The van der Waals surface area contributed by atoms with Crippen LogP contribution in [0.15, 0.2) is 24.3 Å². The van der Waals surface area contributed by atoms with E-state index in [1.54, 1.807) is 4.68 Å². The SMILES string of the molecule is CCOc1ccc(CCNC(=O)c2cc(C(C)C)nc3c2c(C)nn3C)cc1OCC. The summed E-state index contributed by atoms with van der Waals surface area (Å²) in [6.45, 7) is 11.6. The van der Waals surface area contributed by atoms with Crippen LogP contribution in [0.1, 0.15) is 60.9 Å². The highest BCUT2D eigenvalue weighted by atomic mass is 16.5. The van der Waals surface area contributed by atoms with Crippen molar-refractivity contribution in [1.82, 2.24) is 20.1 Å². The molecule has 1 amide bonds. The Balaban J connectivity index is 1.77. The zero-order valence-electron chi connectivity index (χ0n) is 19.3. The number of nitrogens with zero attached hydrogens (tertiary/aromatic N) is 3. The lowest BCUT2D eigenvalue weighted by atomic mass is 10.0. The molecule has 0 aliphatic rings. The number of hydrogen-bond acceptors (Lipinski definition) is 5. The van der Waals surface area contributed by atoms with Crippen LogP contribution in [-0.2, 0) is 13.5 Å². The van der Waals surface area contributed by atoms with E-state index >= 15 is 0 Å². The molecule has 0 bridgehead atoms. The van der Waals surface area contributed by atoms with E-state index in [2.05, 4.69) is 24.3 Å². The van der Waals surface area contributed by atoms with Crippen molar-refractivity contribution in [1.29, 1.82) is 0 Å². The van der Waals surface area contributed by atoms with Gasteiger partial charge in [-0.1, -0.05) is 19.9 Å². The van der Waals surface area contributed by atoms with E-state index in [-0.39, 0.29) is 11.8 Å². The predicted molar refractivity (Wildman–Crippen MR) is 122 cm³/mol. The summed E-state index contributed by atoms with van der Waals surface area (Å²) in [5, 5.41) is 8.33. The van der Waals surface area contributed by atoms with Gasteiger partial charge in [-0.25, -0.2) is 4.98 Å². The normalized spacial score (nSPS) is 11.2. The Morgan fingerprint density at radius 1 is 1.13 bits per heavy atom. The number of amides is 1. The van der Waals surface area contributed by atoms with Crippen LogP contribution in [0.25, 0.3) is 11.0 Å². The van der Waals surface area contributed by atoms with Crippen LogP contribution in [0.5, 0.6) is 11.5 Å². The Labute approximate surface area is 183 Å². The van der Waals surface area contributed by atoms with Crippen LogP contribution >= 0.6 is 0 Å². The van der Waals surface area contributed by atoms with Gasteiger partial charge in [0.25, 0.3) is 5.91 Å². The summed E-state index contributed by atoms with van der Waals surface area (Å²) in [6.07, 6.45) is 0.690. The molecule has 0 unspecified atom stereocenters. The quantitative estimate of drug-likeness (QED) is 0.558. The monoisotopic (exact) mass is 424 g/mol. The second-order valence-corrected chi connectivity index (χ2v) is 7.81. The number of aromatic nitrogens is 3. The van der Waals surface area contributed by atoms with Gasteiger partial charge in [0, 0.05) is 19.3 Å². The van der Waals surface area contributed by atoms with Gasteiger partial charge in [0.05, 0.1) is 29.9 Å². The minimum absolute atomic E-state index is 0.110. The van der Waals surface area contributed by atoms with Crippen LogP contribution in [0, 0.1) is 6.92 Å². The smallest absolute Gasteiger partial charge is 0.252 e. The Kier molecular flexibility index (Phi) is 7.15. The van der Waals surface area contributed by atoms with Gasteiger partial charge in [0.1, 0.15) is 0 Å². The molecule has 0 spiro atoms. The van der Waals surface area contributed by atoms with Gasteiger partial charge in [-0.2, -0.15) is 5.10 Å². The number of carbonyl (C=O) groups excluding carboxylic acids is 1. The number of hydrogen-bond donors (Lipinski definition) is 1. The molecule has 0 atom stereocenters. The number of nitrogens with one attached hydrogen (secondary N) is 1. The minimum atomic E-state index is -0.110. The first kappa shape index (κ1) is 22.6. The van der Waals surface area contributed by atoms with E-state index in [1.165, 1.54) is 0 Å². The third-order valence-electron chi connectivity index (χ3n) is 5.13. The zero-order chi connectivity index (χ0) is 22.5. The van der Waals surface area contributed by atoms with Gasteiger partial charge in [-0.15, -0.1) is 0 Å². The first-order valence-electron chi connectivity index (χ1n) is 10.9. The van der Waals surface area contributed by atoms with E-state index in [1.807, 2.05) is 52.1 Å². The molecule has 2 aromatic heterocycles. The van der Waals surface area contributed by atoms with Crippen molar-refractivity contribution in [3.63, 3.8) is 0 Å². The average molecular weight is 425 g/mol. The molecule has 0 fully saturated rings. The topological polar surface area (TPSA) is 78.3 Å². The summed E-state index contributed by atoms with van der Waals surface area (Å²) in [4.78, 5) is 17.8. The van der Waals surface area contributed by atoms with Crippen molar-refractivity contribution >= 4 is 16.9 Å². The number of aryl methyl sites for hydroxylation is 2. The fourth-order valence-corrected chi connectivity index (χ4v) is 3.61. The molecule has 1 N–H and O–H groups in total. The number of pyridine rings is 1. The number of ether oxygens (including phenoxy) is 2. The molecular weight excluding hydrogens is 392 g/mol. The summed E-state index contributed by atoms with van der Waals surface area (Å²) < 4.78 is 13.1. The lowest BCUT2D eigenvalue weighted by Gasteiger charge is -2.13. The largest absolute Gasteiger partial charge is 0.490 e. The molecule has 166 valence electrons. The van der Waals surface area contributed by atoms with Gasteiger partial charge >= 0.3 is 0 Å². The average Bonchev–Trinajstić information content (AvgIpc) is 3.03. The number of benzene rings is 1. The first-order chi connectivity index (χ1) is 14.8. The number of carbonyl (C=O) groups is 1. The third-order valence-corrected chi connectivity index (χ3v) is 5.13. The zero-order valence-corrected chi connectivity index (χ0v) is 19.3. The van der Waals surface area contributed by atoms with Crippen molar-refractivity contribution in [2.24, 2.45) is 7.05 Å². The maximum atomic E-state index is 13.1. The van der Waals surface area contributed by atoms with Crippen molar-refractivity contribution in [3.05, 3.63) is 46.8 Å². The van der Waals surface area contributed by atoms with Crippen molar-refractivity contribution in [2.45, 2.75) is 47.0 Å². The molecule has 31 heavy (non-hydrogen) atoms. The molecule has 7 nitrogen and oxygen atoms in total. The molecule has 3 rings (SSSR count). The maximum absolute atomic E-state index is 13.1. The van der Waals surface area contributed by atoms with Crippen molar-refractivity contribution in [2.75, 3.05) is 19.8 Å². The van der Waals surface area contributed by atoms with E-state index < -0.39 is 0 Å². The van der Waals surface area contributed by atoms with E-state index in [0.717, 1.165) is 39.5 Å². The van der Waals surface area contributed by atoms with Gasteiger partial charge < -0.3 is 14.8 Å². The van der Waals surface area contributed by atoms with Crippen LogP contribution in [0.3, 0.4) is 0 Å². The fourth-order valence-electron chi connectivity index (χ4n) is 3.61. The summed E-state index contributed by atoms with van der Waals surface area (Å²) >= 11 is 0. The highest BCUT2D eigenvalue weighted by Crippen LogP contribution is 2.29. The Hall–Kier alpha value is -3.09. The summed E-state index contributed by atoms with van der Waals surface area (Å²) in [6, 6.07) is 7.80. The molecular formula is C24H32N4O3. The molecule has 7 heteroatoms. The van der Waals surface area contributed by atoms with Crippen LogP contribution < -0.4 is 14.8 Å². The lowest BCUT2D eigenvalue weighted by molar-refractivity contribution is 0.0955. The molecule has 1 aromatic carbocycles. The molecule has 0 aliphatic carbocycles. The number of fused-ring (bicyclic) bond motifs is 1. The molecule has 0 saturated heterocycles. The Bertz CT molecular complexity index is 1070. The van der Waals surface area contributed by atoms with Gasteiger partial charge in [0.15, 0.2) is 17.1 Å². The second kappa shape index (κ2) is 9.81. The van der Waals surface area contributed by atoms with Crippen LogP contribution in [0.4, 0.5) is 0 Å². The molecule has 0 aliphatic heterocycles. The third kappa shape index (κ3) is 4.98. The molecule has 0 saturated carbocycles. The second-order valence-electron chi connectivity index (χ2n) is 7.81. The van der Waals surface area contributed by atoms with Gasteiger partial charge in [0.2, 0.25) is 0 Å². The minimum Gasteiger partial charge on any atom is -0.490 e. The van der Waals surface area contributed by atoms with Crippen molar-refractivity contribution in [3.8, 4) is 11.5 Å². The van der Waals surface area contributed by atoms with E-state index in [4.69, 9.17) is 14.5 Å². The standard InChI is InChI=1S/C24H32N4O3/c1-7-30-20-10-9-17(13-21(20)31-8-2)11-12-25-24(29)18-14-19(15(3)4)26-23-22(18)16(5)27-28(23)6/h9-10,13-15H,7-8,11-12H2,1-6H3,(H,25,29).